The summed E-state index contributed by atoms with van der Waals surface area (Å²) in [7, 11) is 0. The summed E-state index contributed by atoms with van der Waals surface area (Å²) in [5.41, 5.74) is 0. The van der Waals surface area contributed by atoms with Crippen LogP contribution in [0.25, 0.3) is 0 Å². The summed E-state index contributed by atoms with van der Waals surface area (Å²) in [6.45, 7) is 1.14. The Morgan fingerprint density at radius 2 is 0.650 bits per heavy atom. The monoisotopic (exact) mass is 267 g/mol. The average molecular weight is 267 g/mol. The Labute approximate surface area is 139 Å². The molecule has 3 aliphatic rings. The molecule has 0 unspecified atom stereocenters. The first-order valence-corrected chi connectivity index (χ1v) is 9.45. The molecule has 0 aliphatic heterocycles. The molecule has 20 heavy (non-hydrogen) atoms. The minimum Gasteiger partial charge on any atom is -0.196 e. The smallest absolute Gasteiger partial charge is 0.196 e. The molecule has 3 aliphatic carbocycles. The molecule has 0 saturated heterocycles. The molecule has 0 atom stereocenters. The molecule has 0 aromatic heterocycles. The zero-order valence-electron chi connectivity index (χ0n) is 13.9. The van der Waals surface area contributed by atoms with E-state index >= 15 is 0 Å². The molecule has 0 aromatic carbocycles. The van der Waals surface area contributed by atoms with Crippen LogP contribution in [0.15, 0.2) is 0 Å². The van der Waals surface area contributed by atoms with Crippen LogP contribution in [0.3, 0.4) is 0 Å². The summed E-state index contributed by atoms with van der Waals surface area (Å²) in [4.78, 5) is 0. The molecular formula is C18H33BLi. The molecule has 3 rings (SSSR count). The van der Waals surface area contributed by atoms with E-state index in [0.717, 1.165) is 24.2 Å². The van der Waals surface area contributed by atoms with Crippen molar-refractivity contribution in [1.82, 2.24) is 0 Å². The summed E-state index contributed by atoms with van der Waals surface area (Å²) in [6, 6.07) is 0. The number of hydrogen-bond acceptors (Lipinski definition) is 0. The van der Waals surface area contributed by atoms with E-state index in [1.165, 1.54) is 19.3 Å². The molecule has 1 radical (unpaired) electrons. The molecule has 0 heterocycles. The second kappa shape index (κ2) is 8.95. The molecule has 3 saturated carbocycles. The molecule has 0 N–H and O–H groups in total. The van der Waals surface area contributed by atoms with Gasteiger partial charge in [-0.05, 0) is 0 Å². The zero-order valence-corrected chi connectivity index (χ0v) is 13.9. The van der Waals surface area contributed by atoms with E-state index in [9.17, 15) is 0 Å². The van der Waals surface area contributed by atoms with Gasteiger partial charge in [0.1, 0.15) is 0 Å². The van der Waals surface area contributed by atoms with Gasteiger partial charge in [-0.15, -0.1) is 6.71 Å². The number of rotatable bonds is 3. The predicted molar refractivity (Wildman–Crippen MR) is 86.3 cm³/mol. The first-order chi connectivity index (χ1) is 9.45. The van der Waals surface area contributed by atoms with Gasteiger partial charge in [-0.25, -0.2) is 0 Å². The van der Waals surface area contributed by atoms with Gasteiger partial charge in [-0.1, -0.05) is 96.3 Å². The minimum absolute atomic E-state index is 0. The van der Waals surface area contributed by atoms with Gasteiger partial charge in [0.15, 0.2) is 0 Å². The largest absolute Gasteiger partial charge is 1.00 e. The van der Waals surface area contributed by atoms with Crippen molar-refractivity contribution in [2.75, 3.05) is 0 Å². The van der Waals surface area contributed by atoms with Crippen LogP contribution in [-0.4, -0.2) is 6.71 Å². The van der Waals surface area contributed by atoms with Crippen molar-refractivity contribution in [3.8, 4) is 0 Å². The van der Waals surface area contributed by atoms with Crippen molar-refractivity contribution in [2.45, 2.75) is 114 Å². The standard InChI is InChI=1S/C18H33B.Li/c1-4-10-16(11-5-1)19(17-12-6-2-7-13-17)18-14-8-3-9-15-18;/h16-18H,1-15H2;/q-1;+1. The third-order valence-corrected chi connectivity index (χ3v) is 6.58. The van der Waals surface area contributed by atoms with E-state index in [1.54, 1.807) is 77.0 Å². The molecule has 109 valence electrons. The summed E-state index contributed by atoms with van der Waals surface area (Å²) >= 11 is 0. The summed E-state index contributed by atoms with van der Waals surface area (Å²) < 4.78 is 0. The maximum Gasteiger partial charge on any atom is 1.00 e. The fraction of sp³-hybridized carbons (Fsp3) is 1.00. The molecule has 3 fully saturated rings. The fourth-order valence-corrected chi connectivity index (χ4v) is 5.71. The van der Waals surface area contributed by atoms with Gasteiger partial charge < -0.3 is 0 Å². The van der Waals surface area contributed by atoms with Crippen LogP contribution >= 0.6 is 0 Å². The fourth-order valence-electron chi connectivity index (χ4n) is 5.71. The predicted octanol–water partition coefficient (Wildman–Crippen LogP) is 3.49. The van der Waals surface area contributed by atoms with Crippen LogP contribution in [0.1, 0.15) is 96.3 Å². The first-order valence-electron chi connectivity index (χ1n) is 9.45. The zero-order chi connectivity index (χ0) is 12.9. The molecule has 0 nitrogen and oxygen atoms in total. The van der Waals surface area contributed by atoms with Crippen molar-refractivity contribution < 1.29 is 18.9 Å². The van der Waals surface area contributed by atoms with Crippen LogP contribution < -0.4 is 18.9 Å². The Hall–Kier alpha value is 0.662. The van der Waals surface area contributed by atoms with Gasteiger partial charge in [0.25, 0.3) is 0 Å². The Morgan fingerprint density at radius 1 is 0.400 bits per heavy atom. The van der Waals surface area contributed by atoms with Crippen molar-refractivity contribution in [3.63, 3.8) is 0 Å². The molecular weight excluding hydrogens is 234 g/mol. The summed E-state index contributed by atoms with van der Waals surface area (Å²) in [5, 5.41) is 0. The Morgan fingerprint density at radius 3 is 0.900 bits per heavy atom. The van der Waals surface area contributed by atoms with E-state index in [1.807, 2.05) is 0 Å². The van der Waals surface area contributed by atoms with Crippen molar-refractivity contribution >= 4 is 6.71 Å². The van der Waals surface area contributed by atoms with Crippen molar-refractivity contribution in [1.29, 1.82) is 0 Å². The van der Waals surface area contributed by atoms with E-state index in [-0.39, 0.29) is 18.9 Å². The normalized spacial score (nSPS) is 27.4. The van der Waals surface area contributed by atoms with Gasteiger partial charge in [0.05, 0.1) is 0 Å². The van der Waals surface area contributed by atoms with E-state index in [0.29, 0.717) is 0 Å². The second-order valence-electron chi connectivity index (χ2n) is 7.77. The third kappa shape index (κ3) is 4.33. The van der Waals surface area contributed by atoms with E-state index in [4.69, 9.17) is 0 Å². The minimum atomic E-state index is 0. The van der Waals surface area contributed by atoms with Crippen LogP contribution in [0.5, 0.6) is 0 Å². The topological polar surface area (TPSA) is 0 Å². The molecule has 0 aromatic rings. The van der Waals surface area contributed by atoms with Crippen LogP contribution in [-0.2, 0) is 0 Å². The molecule has 0 amide bonds. The van der Waals surface area contributed by atoms with Crippen molar-refractivity contribution in [3.05, 3.63) is 0 Å². The van der Waals surface area contributed by atoms with E-state index < -0.39 is 0 Å². The first kappa shape index (κ1) is 17.0. The van der Waals surface area contributed by atoms with Crippen molar-refractivity contribution in [2.24, 2.45) is 0 Å². The Kier molecular flexibility index (Phi) is 7.62. The Balaban J connectivity index is 0.00000147. The summed E-state index contributed by atoms with van der Waals surface area (Å²) in [5.74, 6) is 3.37. The van der Waals surface area contributed by atoms with Gasteiger partial charge >= 0.3 is 18.9 Å². The second-order valence-corrected chi connectivity index (χ2v) is 7.77. The number of hydrogen-bond donors (Lipinski definition) is 0. The van der Waals surface area contributed by atoms with E-state index in [2.05, 4.69) is 0 Å². The van der Waals surface area contributed by atoms with Gasteiger partial charge in [0.2, 0.25) is 0 Å². The summed E-state index contributed by atoms with van der Waals surface area (Å²) in [6.07, 6.45) is 23.3. The van der Waals surface area contributed by atoms with Gasteiger partial charge in [-0.2, -0.15) is 17.5 Å². The molecule has 0 bridgehead atoms. The molecule has 2 heteroatoms. The van der Waals surface area contributed by atoms with Gasteiger partial charge in [-0.3, -0.25) is 0 Å². The maximum absolute atomic E-state index is 1.58. The SMILES string of the molecule is C1CCC([B-](C2CCCCC2)C2CCCCC2)CC1.[Li+]. The average Bonchev–Trinajstić information content (AvgIpc) is 2.51. The quantitative estimate of drug-likeness (QED) is 0.687. The third-order valence-electron chi connectivity index (χ3n) is 6.58. The van der Waals surface area contributed by atoms with Crippen LogP contribution in [0.4, 0.5) is 0 Å². The van der Waals surface area contributed by atoms with Gasteiger partial charge in [0, 0.05) is 0 Å². The molecule has 0 spiro atoms. The van der Waals surface area contributed by atoms with Crippen LogP contribution in [0.2, 0.25) is 17.5 Å². The Bertz CT molecular complexity index is 207. The maximum atomic E-state index is 1.58. The van der Waals surface area contributed by atoms with Crippen LogP contribution in [0, 0.1) is 0 Å².